The summed E-state index contributed by atoms with van der Waals surface area (Å²) in [6.07, 6.45) is 4.63. The van der Waals surface area contributed by atoms with Crippen molar-refractivity contribution in [2.75, 3.05) is 20.3 Å². The largest absolute Gasteiger partial charge is 0.494 e. The third-order valence-electron chi connectivity index (χ3n) is 5.37. The highest BCUT2D eigenvalue weighted by Crippen LogP contribution is 2.31. The standard InChI is InChI=1S/C20H27FN2O4/c1-26-17-11-14(4-5-16(17)21)12-20(9-7-19(25)23-20)8-6-18(24)22-13-15-3-2-10-27-15/h4-5,11,15H,2-3,6-10,12-13H2,1H3,(H,22,24)(H,23,25). The minimum Gasteiger partial charge on any atom is -0.494 e. The van der Waals surface area contributed by atoms with Crippen molar-refractivity contribution in [1.29, 1.82) is 0 Å². The first-order chi connectivity index (χ1) is 13.0. The number of carbonyl (C=O) groups is 2. The van der Waals surface area contributed by atoms with Crippen molar-refractivity contribution in [2.24, 2.45) is 0 Å². The fraction of sp³-hybridized carbons (Fsp3) is 0.600. The first-order valence-electron chi connectivity index (χ1n) is 9.51. The van der Waals surface area contributed by atoms with E-state index in [-0.39, 0.29) is 23.7 Å². The third-order valence-corrected chi connectivity index (χ3v) is 5.37. The maximum atomic E-state index is 13.6. The van der Waals surface area contributed by atoms with Crippen LogP contribution in [0.2, 0.25) is 0 Å². The van der Waals surface area contributed by atoms with Crippen molar-refractivity contribution in [1.82, 2.24) is 10.6 Å². The molecule has 2 unspecified atom stereocenters. The number of hydrogen-bond donors (Lipinski definition) is 2. The fourth-order valence-corrected chi connectivity index (χ4v) is 3.86. The summed E-state index contributed by atoms with van der Waals surface area (Å²) < 4.78 is 24.2. The second-order valence-electron chi connectivity index (χ2n) is 7.41. The molecule has 2 atom stereocenters. The Balaban J connectivity index is 1.59. The molecule has 0 aromatic heterocycles. The Kier molecular flexibility index (Phi) is 6.31. The zero-order valence-electron chi connectivity index (χ0n) is 15.7. The summed E-state index contributed by atoms with van der Waals surface area (Å²) >= 11 is 0. The molecule has 1 aromatic rings. The molecule has 2 amide bonds. The van der Waals surface area contributed by atoms with Crippen molar-refractivity contribution < 1.29 is 23.5 Å². The Bertz CT molecular complexity index is 691. The topological polar surface area (TPSA) is 76.7 Å². The molecular weight excluding hydrogens is 351 g/mol. The van der Waals surface area contributed by atoms with Gasteiger partial charge in [-0.2, -0.15) is 0 Å². The number of halogens is 1. The lowest BCUT2D eigenvalue weighted by Crippen LogP contribution is -2.44. The summed E-state index contributed by atoms with van der Waals surface area (Å²) in [6, 6.07) is 4.72. The lowest BCUT2D eigenvalue weighted by Gasteiger charge is -2.29. The first kappa shape index (κ1) is 19.6. The van der Waals surface area contributed by atoms with Gasteiger partial charge in [-0.1, -0.05) is 6.07 Å². The molecule has 7 heteroatoms. The lowest BCUT2D eigenvalue weighted by atomic mass is 9.85. The Morgan fingerprint density at radius 3 is 3.00 bits per heavy atom. The van der Waals surface area contributed by atoms with Crippen LogP contribution < -0.4 is 15.4 Å². The monoisotopic (exact) mass is 378 g/mol. The average molecular weight is 378 g/mol. The molecule has 0 aliphatic carbocycles. The highest BCUT2D eigenvalue weighted by atomic mass is 19.1. The molecule has 0 saturated carbocycles. The van der Waals surface area contributed by atoms with Gasteiger partial charge in [0.1, 0.15) is 0 Å². The zero-order valence-corrected chi connectivity index (χ0v) is 15.7. The van der Waals surface area contributed by atoms with Crippen LogP contribution in [0.1, 0.15) is 44.1 Å². The number of methoxy groups -OCH3 is 1. The Morgan fingerprint density at radius 1 is 1.48 bits per heavy atom. The van der Waals surface area contributed by atoms with Crippen LogP contribution in [0.25, 0.3) is 0 Å². The second kappa shape index (κ2) is 8.69. The lowest BCUT2D eigenvalue weighted by molar-refractivity contribution is -0.123. The Morgan fingerprint density at radius 2 is 2.33 bits per heavy atom. The number of amides is 2. The van der Waals surface area contributed by atoms with Crippen LogP contribution in [-0.2, 0) is 20.7 Å². The van der Waals surface area contributed by atoms with Crippen LogP contribution in [0.15, 0.2) is 18.2 Å². The van der Waals surface area contributed by atoms with Crippen LogP contribution in [0.3, 0.4) is 0 Å². The molecule has 6 nitrogen and oxygen atoms in total. The SMILES string of the molecule is COc1cc(CC2(CCC(=O)NCC3CCCO3)CCC(=O)N2)ccc1F. The summed E-state index contributed by atoms with van der Waals surface area (Å²) in [5.41, 5.74) is 0.386. The summed E-state index contributed by atoms with van der Waals surface area (Å²) in [4.78, 5) is 24.1. The molecule has 1 aromatic carbocycles. The summed E-state index contributed by atoms with van der Waals surface area (Å²) in [6.45, 7) is 1.30. The number of carbonyl (C=O) groups excluding carboxylic acids is 2. The van der Waals surface area contributed by atoms with E-state index in [0.29, 0.717) is 38.6 Å². The summed E-state index contributed by atoms with van der Waals surface area (Å²) in [5.74, 6) is -0.285. The second-order valence-corrected chi connectivity index (χ2v) is 7.41. The predicted molar refractivity (Wildman–Crippen MR) is 98.0 cm³/mol. The minimum atomic E-state index is -0.485. The molecule has 3 rings (SSSR count). The van der Waals surface area contributed by atoms with Crippen LogP contribution in [0, 0.1) is 5.82 Å². The van der Waals surface area contributed by atoms with Crippen LogP contribution in [0.5, 0.6) is 5.75 Å². The molecule has 2 N–H and O–H groups in total. The van der Waals surface area contributed by atoms with E-state index < -0.39 is 11.4 Å². The van der Waals surface area contributed by atoms with Gasteiger partial charge in [-0.3, -0.25) is 9.59 Å². The van der Waals surface area contributed by atoms with Gasteiger partial charge in [-0.25, -0.2) is 4.39 Å². The molecule has 2 aliphatic heterocycles. The van der Waals surface area contributed by atoms with Gasteiger partial charge in [-0.15, -0.1) is 0 Å². The number of ether oxygens (including phenoxy) is 2. The number of rotatable bonds is 8. The molecular formula is C20H27FN2O4. The van der Waals surface area contributed by atoms with Gasteiger partial charge in [0.25, 0.3) is 0 Å². The van der Waals surface area contributed by atoms with Crippen LogP contribution in [-0.4, -0.2) is 43.7 Å². The highest BCUT2D eigenvalue weighted by Gasteiger charge is 2.38. The van der Waals surface area contributed by atoms with E-state index in [2.05, 4.69) is 10.6 Å². The minimum absolute atomic E-state index is 0.0103. The molecule has 2 saturated heterocycles. The van der Waals surface area contributed by atoms with Gasteiger partial charge < -0.3 is 20.1 Å². The number of benzene rings is 1. The molecule has 2 aliphatic rings. The van der Waals surface area contributed by atoms with Gasteiger partial charge in [0, 0.05) is 31.5 Å². The van der Waals surface area contributed by atoms with Gasteiger partial charge in [0.2, 0.25) is 11.8 Å². The summed E-state index contributed by atoms with van der Waals surface area (Å²) in [7, 11) is 1.42. The maximum absolute atomic E-state index is 13.6. The quantitative estimate of drug-likeness (QED) is 0.726. The van der Waals surface area contributed by atoms with E-state index in [1.54, 1.807) is 12.1 Å². The van der Waals surface area contributed by atoms with Gasteiger partial charge in [0.15, 0.2) is 11.6 Å². The molecule has 2 heterocycles. The van der Waals surface area contributed by atoms with Gasteiger partial charge in [0.05, 0.1) is 13.2 Å². The van der Waals surface area contributed by atoms with Crippen molar-refractivity contribution >= 4 is 11.8 Å². The zero-order chi connectivity index (χ0) is 19.3. The highest BCUT2D eigenvalue weighted by molar-refractivity contribution is 5.80. The number of hydrogen-bond acceptors (Lipinski definition) is 4. The Labute approximate surface area is 158 Å². The third kappa shape index (κ3) is 5.19. The van der Waals surface area contributed by atoms with Gasteiger partial charge in [-0.05, 0) is 49.8 Å². The molecule has 2 fully saturated rings. The summed E-state index contributed by atoms with van der Waals surface area (Å²) in [5, 5.41) is 5.96. The average Bonchev–Trinajstić information content (AvgIpc) is 3.30. The smallest absolute Gasteiger partial charge is 0.220 e. The van der Waals surface area contributed by atoms with Crippen molar-refractivity contribution in [3.63, 3.8) is 0 Å². The van der Waals surface area contributed by atoms with E-state index in [9.17, 15) is 14.0 Å². The number of nitrogens with one attached hydrogen (secondary N) is 2. The van der Waals surface area contributed by atoms with Crippen LogP contribution in [0.4, 0.5) is 4.39 Å². The molecule has 0 spiro atoms. The van der Waals surface area contributed by atoms with Crippen molar-refractivity contribution in [3.8, 4) is 5.75 Å². The fourth-order valence-electron chi connectivity index (χ4n) is 3.86. The van der Waals surface area contributed by atoms with Crippen molar-refractivity contribution in [3.05, 3.63) is 29.6 Å². The first-order valence-corrected chi connectivity index (χ1v) is 9.51. The van der Waals surface area contributed by atoms with Crippen LogP contribution >= 0.6 is 0 Å². The van der Waals surface area contributed by atoms with E-state index in [1.165, 1.54) is 13.2 Å². The van der Waals surface area contributed by atoms with E-state index in [1.807, 2.05) is 0 Å². The molecule has 148 valence electrons. The van der Waals surface area contributed by atoms with E-state index >= 15 is 0 Å². The maximum Gasteiger partial charge on any atom is 0.220 e. The van der Waals surface area contributed by atoms with Gasteiger partial charge >= 0.3 is 0 Å². The van der Waals surface area contributed by atoms with E-state index in [0.717, 1.165) is 25.0 Å². The molecule has 0 radical (unpaired) electrons. The predicted octanol–water partition coefficient (Wildman–Crippen LogP) is 2.10. The Hall–Kier alpha value is -2.15. The van der Waals surface area contributed by atoms with Crippen molar-refractivity contribution in [2.45, 2.75) is 56.6 Å². The normalized spacial score (nSPS) is 24.7. The molecule has 0 bridgehead atoms. The molecule has 27 heavy (non-hydrogen) atoms. The van der Waals surface area contributed by atoms with E-state index in [4.69, 9.17) is 9.47 Å².